The molecule has 3 aromatic carbocycles. The van der Waals surface area contributed by atoms with Gasteiger partial charge < -0.3 is 24.5 Å². The molecule has 1 aromatic heterocycles. The molecule has 4 aromatic rings. The van der Waals surface area contributed by atoms with Crippen LogP contribution in [0.15, 0.2) is 104 Å². The molecule has 1 spiro atoms. The highest BCUT2D eigenvalue weighted by atomic mass is 32.2. The van der Waals surface area contributed by atoms with E-state index < -0.39 is 33.4 Å². The Morgan fingerprint density at radius 1 is 1.02 bits per heavy atom. The number of para-hydroxylation sites is 1. The minimum Gasteiger partial charge on any atom is -0.494 e. The lowest BCUT2D eigenvalue weighted by Gasteiger charge is -2.39. The second-order valence-corrected chi connectivity index (χ2v) is 16.1. The van der Waals surface area contributed by atoms with Crippen LogP contribution in [0.1, 0.15) is 32.3 Å². The minimum absolute atomic E-state index is 0.0856. The summed E-state index contributed by atoms with van der Waals surface area (Å²) in [4.78, 5) is 50.5. The van der Waals surface area contributed by atoms with Crippen molar-refractivity contribution in [1.82, 2.24) is 24.8 Å². The van der Waals surface area contributed by atoms with Gasteiger partial charge in [-0.15, -0.1) is 30.0 Å². The number of carbonyl (C=O) groups is 3. The van der Waals surface area contributed by atoms with E-state index in [9.17, 15) is 9.90 Å². The van der Waals surface area contributed by atoms with Gasteiger partial charge in [-0.05, 0) is 75.1 Å². The number of anilines is 1. The molecule has 53 heavy (non-hydrogen) atoms. The van der Waals surface area contributed by atoms with Gasteiger partial charge in [0.2, 0.25) is 17.7 Å². The maximum atomic E-state index is 15.3. The number of carbonyl (C=O) groups excluding carboxylic acids is 3. The Kier molecular flexibility index (Phi) is 10.2. The van der Waals surface area contributed by atoms with Gasteiger partial charge >= 0.3 is 0 Å². The average Bonchev–Trinajstić information content (AvgIpc) is 3.88. The van der Waals surface area contributed by atoms with Crippen LogP contribution in [0, 0.1) is 11.8 Å². The van der Waals surface area contributed by atoms with Crippen LogP contribution in [0.4, 0.5) is 5.69 Å². The molecule has 0 aliphatic carbocycles. The first-order valence-corrected chi connectivity index (χ1v) is 19.0. The molecule has 11 nitrogen and oxygen atoms in total. The number of rotatable bonds is 15. The van der Waals surface area contributed by atoms with Crippen molar-refractivity contribution in [3.8, 4) is 5.75 Å². The SMILES string of the molecule is C=CCN(Cn1nnc2ccccc21)C(=O)C1N([C@@H](CO)Cc2ccccc2)C(=O)[C@@H]2[C@H](C(=O)N(CC=C)c3ccc(OCC)cc3)[C@]3(C)CCC12S3. The molecule has 2 bridgehead atoms. The zero-order valence-electron chi connectivity index (χ0n) is 30.2. The molecule has 4 heterocycles. The van der Waals surface area contributed by atoms with E-state index >= 15 is 9.59 Å². The Balaban J connectivity index is 1.30. The minimum atomic E-state index is -0.946. The Morgan fingerprint density at radius 2 is 1.74 bits per heavy atom. The molecule has 3 fully saturated rings. The van der Waals surface area contributed by atoms with Crippen molar-refractivity contribution >= 4 is 46.2 Å². The van der Waals surface area contributed by atoms with Crippen molar-refractivity contribution in [2.45, 2.75) is 61.4 Å². The Labute approximate surface area is 314 Å². The van der Waals surface area contributed by atoms with Crippen molar-refractivity contribution in [1.29, 1.82) is 0 Å². The van der Waals surface area contributed by atoms with E-state index in [1.54, 1.807) is 43.3 Å². The van der Waals surface area contributed by atoms with Crippen LogP contribution in [0.2, 0.25) is 0 Å². The first-order valence-electron chi connectivity index (χ1n) is 18.2. The molecule has 1 N–H and O–H groups in total. The first-order chi connectivity index (χ1) is 25.7. The van der Waals surface area contributed by atoms with Gasteiger partial charge in [-0.3, -0.25) is 14.4 Å². The summed E-state index contributed by atoms with van der Waals surface area (Å²) in [5.74, 6) is -1.54. The van der Waals surface area contributed by atoms with Gasteiger partial charge in [-0.2, -0.15) is 0 Å². The quantitative estimate of drug-likeness (QED) is 0.168. The number of aliphatic hydroxyl groups excluding tert-OH is 1. The molecule has 3 aliphatic rings. The van der Waals surface area contributed by atoms with Crippen molar-refractivity contribution in [3.63, 3.8) is 0 Å². The smallest absolute Gasteiger partial charge is 0.248 e. The predicted octanol–water partition coefficient (Wildman–Crippen LogP) is 5.11. The van der Waals surface area contributed by atoms with Gasteiger partial charge in [0.05, 0.1) is 41.4 Å². The number of amides is 3. The van der Waals surface area contributed by atoms with Crippen molar-refractivity contribution in [3.05, 3.63) is 110 Å². The summed E-state index contributed by atoms with van der Waals surface area (Å²) in [5.41, 5.74) is 3.08. The summed E-state index contributed by atoms with van der Waals surface area (Å²) < 4.78 is 5.82. The van der Waals surface area contributed by atoms with Gasteiger partial charge in [0.1, 0.15) is 24.0 Å². The van der Waals surface area contributed by atoms with Gasteiger partial charge in [0.15, 0.2) is 0 Å². The number of benzene rings is 3. The second kappa shape index (κ2) is 14.8. The number of ether oxygens (including phenoxy) is 1. The van der Waals surface area contributed by atoms with Crippen molar-refractivity contribution in [2.24, 2.45) is 11.8 Å². The maximum Gasteiger partial charge on any atom is 0.248 e. The molecule has 12 heteroatoms. The molecule has 7 rings (SSSR count). The summed E-state index contributed by atoms with van der Waals surface area (Å²) in [6, 6.07) is 22.9. The molecule has 2 unspecified atom stereocenters. The fraction of sp³-hybridized carbons (Fsp3) is 0.390. The summed E-state index contributed by atoms with van der Waals surface area (Å²) in [7, 11) is 0. The van der Waals surface area contributed by atoms with Gasteiger partial charge in [-0.25, -0.2) is 4.68 Å². The second-order valence-electron chi connectivity index (χ2n) is 14.2. The van der Waals surface area contributed by atoms with Crippen LogP contribution in [0.5, 0.6) is 5.75 Å². The summed E-state index contributed by atoms with van der Waals surface area (Å²) >= 11 is 1.61. The fourth-order valence-electron chi connectivity index (χ4n) is 8.79. The topological polar surface area (TPSA) is 121 Å². The molecule has 6 atom stereocenters. The third-order valence-electron chi connectivity index (χ3n) is 11.1. The van der Waals surface area contributed by atoms with E-state index in [4.69, 9.17) is 4.74 Å². The van der Waals surface area contributed by atoms with Crippen LogP contribution < -0.4 is 9.64 Å². The van der Waals surface area contributed by atoms with E-state index in [1.165, 1.54) is 0 Å². The number of fused-ring (bicyclic) bond motifs is 2. The van der Waals surface area contributed by atoms with Crippen molar-refractivity contribution < 1.29 is 24.2 Å². The predicted molar refractivity (Wildman–Crippen MR) is 206 cm³/mol. The third-order valence-corrected chi connectivity index (χ3v) is 13.0. The van der Waals surface area contributed by atoms with Gasteiger partial charge in [0.25, 0.3) is 0 Å². The number of hydrogen-bond acceptors (Lipinski definition) is 8. The van der Waals surface area contributed by atoms with Crippen molar-refractivity contribution in [2.75, 3.05) is 31.2 Å². The fourth-order valence-corrected chi connectivity index (χ4v) is 11.1. The largest absolute Gasteiger partial charge is 0.494 e. The molecule has 3 saturated heterocycles. The molecular formula is C41H46N6O5S. The van der Waals surface area contributed by atoms with Crippen LogP contribution in [0.3, 0.4) is 0 Å². The molecular weight excluding hydrogens is 689 g/mol. The lowest BCUT2D eigenvalue weighted by atomic mass is 9.66. The van der Waals surface area contributed by atoms with Crippen LogP contribution in [-0.4, -0.2) is 95.5 Å². The molecule has 0 saturated carbocycles. The molecule has 3 amide bonds. The summed E-state index contributed by atoms with van der Waals surface area (Å²) in [5, 5.41) is 19.6. The van der Waals surface area contributed by atoms with E-state index in [0.717, 1.165) is 11.1 Å². The van der Waals surface area contributed by atoms with Crippen LogP contribution in [0.25, 0.3) is 11.0 Å². The normalized spacial score (nSPS) is 24.9. The number of likely N-dealkylation sites (tertiary alicyclic amines) is 1. The highest BCUT2D eigenvalue weighted by Crippen LogP contribution is 2.72. The Hall–Kier alpha value is -4.94. The highest BCUT2D eigenvalue weighted by molar-refractivity contribution is 8.02. The van der Waals surface area contributed by atoms with E-state index in [1.807, 2.05) is 85.8 Å². The summed E-state index contributed by atoms with van der Waals surface area (Å²) in [6.07, 6.45) is 4.92. The van der Waals surface area contributed by atoms with Crippen LogP contribution in [-0.2, 0) is 27.5 Å². The molecule has 3 aliphatic heterocycles. The zero-order valence-corrected chi connectivity index (χ0v) is 31.0. The maximum absolute atomic E-state index is 15.3. The van der Waals surface area contributed by atoms with E-state index in [2.05, 4.69) is 30.4 Å². The van der Waals surface area contributed by atoms with Gasteiger partial charge in [-0.1, -0.05) is 59.8 Å². The standard InChI is InChI=1S/C41H46N6O5S/c1-5-23-44(27-46-33-16-12-11-15-32(33)42-43-46)39(51)36-41-22-21-40(4,53-41)34(37(49)45(24-6-2)29-17-19-31(20-18-29)52-7-3)35(41)38(50)47(36)30(26-48)25-28-13-9-8-10-14-28/h5-6,8-20,30,34-36,48H,1-2,7,21-27H2,3-4H3/t30-,34-,35+,36?,40+,41?/m1/s1. The number of thioether (sulfide) groups is 1. The number of hydrogen-bond donors (Lipinski definition) is 1. The molecule has 276 valence electrons. The number of aromatic nitrogens is 3. The number of aliphatic hydroxyl groups is 1. The monoisotopic (exact) mass is 734 g/mol. The Morgan fingerprint density at radius 3 is 2.43 bits per heavy atom. The van der Waals surface area contributed by atoms with E-state index in [0.29, 0.717) is 42.8 Å². The zero-order chi connectivity index (χ0) is 37.3. The Bertz CT molecular complexity index is 2000. The number of nitrogens with zero attached hydrogens (tertiary/aromatic N) is 6. The lowest BCUT2D eigenvalue weighted by Crippen LogP contribution is -2.58. The molecule has 0 radical (unpaired) electrons. The average molecular weight is 735 g/mol. The third kappa shape index (κ3) is 6.31. The van der Waals surface area contributed by atoms with E-state index in [-0.39, 0.29) is 44.1 Å². The first kappa shape index (κ1) is 36.4. The highest BCUT2D eigenvalue weighted by Gasteiger charge is 2.78. The van der Waals surface area contributed by atoms with Gasteiger partial charge in [0, 0.05) is 23.5 Å². The van der Waals surface area contributed by atoms with Crippen LogP contribution >= 0.6 is 11.8 Å². The lowest BCUT2D eigenvalue weighted by molar-refractivity contribution is -0.146. The summed E-state index contributed by atoms with van der Waals surface area (Å²) in [6.45, 7) is 12.6.